The zero-order valence-corrected chi connectivity index (χ0v) is 9.46. The third-order valence-electron chi connectivity index (χ3n) is 1.96. The van der Waals surface area contributed by atoms with Crippen molar-refractivity contribution < 1.29 is 9.13 Å². The Kier molecular flexibility index (Phi) is 4.35. The third-order valence-corrected chi connectivity index (χ3v) is 1.96. The number of ether oxygens (including phenoxy) is 1. The second kappa shape index (κ2) is 5.54. The van der Waals surface area contributed by atoms with Gasteiger partial charge in [-0.3, -0.25) is 0 Å². The van der Waals surface area contributed by atoms with Crippen molar-refractivity contribution in [2.24, 2.45) is 0 Å². The fraction of sp³-hybridized carbons (Fsp3) is 0.385. The van der Waals surface area contributed by atoms with Crippen LogP contribution in [0.2, 0.25) is 0 Å². The Labute approximate surface area is 90.6 Å². The highest BCUT2D eigenvalue weighted by atomic mass is 19.1. The van der Waals surface area contributed by atoms with Crippen LogP contribution in [-0.2, 0) is 6.42 Å². The van der Waals surface area contributed by atoms with Gasteiger partial charge in [0.25, 0.3) is 0 Å². The average Bonchev–Trinajstić information content (AvgIpc) is 2.20. The molecule has 0 aliphatic carbocycles. The van der Waals surface area contributed by atoms with E-state index in [2.05, 4.69) is 0 Å². The number of hydrogen-bond donors (Lipinski definition) is 0. The number of allylic oxidation sites excluding steroid dienone is 1. The van der Waals surface area contributed by atoms with Gasteiger partial charge in [-0.1, -0.05) is 12.1 Å². The van der Waals surface area contributed by atoms with E-state index in [1.165, 1.54) is 0 Å². The Bertz CT molecular complexity index is 325. The second-order valence-corrected chi connectivity index (χ2v) is 3.94. The van der Waals surface area contributed by atoms with E-state index in [0.717, 1.165) is 16.9 Å². The third kappa shape index (κ3) is 4.15. The summed E-state index contributed by atoms with van der Waals surface area (Å²) in [7, 11) is 0. The highest BCUT2D eigenvalue weighted by molar-refractivity contribution is 5.29. The summed E-state index contributed by atoms with van der Waals surface area (Å²) in [6.07, 6.45) is 1.49. The van der Waals surface area contributed by atoms with Gasteiger partial charge in [0.1, 0.15) is 5.75 Å². The molecular weight excluding hydrogens is 191 g/mol. The molecule has 15 heavy (non-hydrogen) atoms. The minimum atomic E-state index is 0.184. The van der Waals surface area contributed by atoms with Gasteiger partial charge in [-0.05, 0) is 50.5 Å². The van der Waals surface area contributed by atoms with Gasteiger partial charge in [-0.2, -0.15) is 0 Å². The first-order chi connectivity index (χ1) is 7.11. The molecule has 0 saturated carbocycles. The maximum atomic E-state index is 12.1. The quantitative estimate of drug-likeness (QED) is 0.729. The topological polar surface area (TPSA) is 9.23 Å². The Hall–Kier alpha value is -1.31. The molecule has 1 nitrogen and oxygen atoms in total. The summed E-state index contributed by atoms with van der Waals surface area (Å²) >= 11 is 0. The van der Waals surface area contributed by atoms with E-state index in [1.807, 2.05) is 38.1 Å². The molecule has 0 spiro atoms. The molecule has 0 radical (unpaired) electrons. The predicted octanol–water partition coefficient (Wildman–Crippen LogP) is 3.89. The fourth-order valence-corrected chi connectivity index (χ4v) is 1.32. The van der Waals surface area contributed by atoms with E-state index in [9.17, 15) is 4.39 Å². The Balaban J connectivity index is 2.64. The van der Waals surface area contributed by atoms with Crippen molar-refractivity contribution in [1.82, 2.24) is 0 Å². The molecule has 0 aromatic heterocycles. The van der Waals surface area contributed by atoms with Crippen molar-refractivity contribution >= 4 is 0 Å². The van der Waals surface area contributed by atoms with Gasteiger partial charge in [0.05, 0.1) is 12.4 Å². The first-order valence-electron chi connectivity index (χ1n) is 5.13. The van der Waals surface area contributed by atoms with Crippen molar-refractivity contribution in [3.63, 3.8) is 0 Å². The van der Waals surface area contributed by atoms with Gasteiger partial charge in [0.15, 0.2) is 0 Å². The van der Waals surface area contributed by atoms with E-state index >= 15 is 0 Å². The maximum Gasteiger partial charge on any atom is 0.119 e. The molecule has 1 aromatic carbocycles. The molecule has 1 rings (SSSR count). The molecule has 0 fully saturated rings. The summed E-state index contributed by atoms with van der Waals surface area (Å²) in [6.45, 7) is 5.76. The molecule has 0 heterocycles. The Morgan fingerprint density at radius 1 is 1.33 bits per heavy atom. The number of benzene rings is 1. The number of halogens is 1. The van der Waals surface area contributed by atoms with Crippen LogP contribution in [0.5, 0.6) is 5.75 Å². The lowest BCUT2D eigenvalue weighted by atomic mass is 10.1. The summed E-state index contributed by atoms with van der Waals surface area (Å²) in [5, 5.41) is 0. The highest BCUT2D eigenvalue weighted by Gasteiger charge is 1.98. The smallest absolute Gasteiger partial charge is 0.119 e. The summed E-state index contributed by atoms with van der Waals surface area (Å²) in [5.74, 6) is 0.857. The van der Waals surface area contributed by atoms with E-state index in [0.29, 0.717) is 12.8 Å². The van der Waals surface area contributed by atoms with Gasteiger partial charge in [-0.15, -0.1) is 0 Å². The van der Waals surface area contributed by atoms with Gasteiger partial charge < -0.3 is 4.74 Å². The standard InChI is InChI=1S/C13H17FO/c1-10(2)15-13-6-4-12(5-7-13)8-11(3)9-14/h4-7,9-10H,8H2,1-3H3/b11-9-. The van der Waals surface area contributed by atoms with Crippen molar-refractivity contribution in [2.45, 2.75) is 33.3 Å². The molecule has 0 amide bonds. The normalized spacial score (nSPS) is 11.9. The fourth-order valence-electron chi connectivity index (χ4n) is 1.32. The summed E-state index contributed by atoms with van der Waals surface area (Å²) in [5.41, 5.74) is 1.82. The van der Waals surface area contributed by atoms with Crippen LogP contribution in [0.25, 0.3) is 0 Å². The van der Waals surface area contributed by atoms with Gasteiger partial charge in [-0.25, -0.2) is 4.39 Å². The first-order valence-corrected chi connectivity index (χ1v) is 5.13. The summed E-state index contributed by atoms with van der Waals surface area (Å²) < 4.78 is 17.6. The minimum Gasteiger partial charge on any atom is -0.491 e. The van der Waals surface area contributed by atoms with Crippen LogP contribution in [0.3, 0.4) is 0 Å². The highest BCUT2D eigenvalue weighted by Crippen LogP contribution is 2.15. The molecular formula is C13H17FO. The van der Waals surface area contributed by atoms with Crippen LogP contribution < -0.4 is 4.74 Å². The average molecular weight is 208 g/mol. The van der Waals surface area contributed by atoms with Crippen LogP contribution in [0.4, 0.5) is 4.39 Å². The van der Waals surface area contributed by atoms with Gasteiger partial charge >= 0.3 is 0 Å². The van der Waals surface area contributed by atoms with Crippen molar-refractivity contribution in [1.29, 1.82) is 0 Å². The minimum absolute atomic E-state index is 0.184. The zero-order chi connectivity index (χ0) is 11.3. The number of rotatable bonds is 4. The van der Waals surface area contributed by atoms with Crippen LogP contribution >= 0.6 is 0 Å². The lowest BCUT2D eigenvalue weighted by Gasteiger charge is -2.09. The molecule has 1 aromatic rings. The predicted molar refractivity (Wildman–Crippen MR) is 60.8 cm³/mol. The maximum absolute atomic E-state index is 12.1. The number of hydrogen-bond acceptors (Lipinski definition) is 1. The second-order valence-electron chi connectivity index (χ2n) is 3.94. The molecule has 0 atom stereocenters. The summed E-state index contributed by atoms with van der Waals surface area (Å²) in [4.78, 5) is 0. The molecule has 0 N–H and O–H groups in total. The zero-order valence-electron chi connectivity index (χ0n) is 9.46. The van der Waals surface area contributed by atoms with E-state index < -0.39 is 0 Å². The van der Waals surface area contributed by atoms with Gasteiger partial charge in [0.2, 0.25) is 0 Å². The SMILES string of the molecule is C/C(=C/F)Cc1ccc(OC(C)C)cc1. The molecule has 2 heteroatoms. The van der Waals surface area contributed by atoms with Crippen LogP contribution in [0.1, 0.15) is 26.3 Å². The van der Waals surface area contributed by atoms with Crippen molar-refractivity contribution in [2.75, 3.05) is 0 Å². The lowest BCUT2D eigenvalue weighted by Crippen LogP contribution is -2.05. The van der Waals surface area contributed by atoms with E-state index in [-0.39, 0.29) is 6.10 Å². The molecule has 0 saturated heterocycles. The van der Waals surface area contributed by atoms with Crippen LogP contribution in [0.15, 0.2) is 36.2 Å². The Morgan fingerprint density at radius 2 is 1.93 bits per heavy atom. The van der Waals surface area contributed by atoms with Gasteiger partial charge in [0, 0.05) is 0 Å². The largest absolute Gasteiger partial charge is 0.491 e. The summed E-state index contributed by atoms with van der Waals surface area (Å²) in [6, 6.07) is 7.76. The molecule has 0 unspecified atom stereocenters. The van der Waals surface area contributed by atoms with E-state index in [4.69, 9.17) is 4.74 Å². The lowest BCUT2D eigenvalue weighted by molar-refractivity contribution is 0.242. The molecule has 82 valence electrons. The monoisotopic (exact) mass is 208 g/mol. The Morgan fingerprint density at radius 3 is 2.40 bits per heavy atom. The first kappa shape index (κ1) is 11.8. The molecule has 0 aliphatic rings. The molecule has 0 bridgehead atoms. The van der Waals surface area contributed by atoms with Crippen molar-refractivity contribution in [3.8, 4) is 5.75 Å². The molecule has 0 aliphatic heterocycles. The van der Waals surface area contributed by atoms with Crippen LogP contribution in [0, 0.1) is 0 Å². The van der Waals surface area contributed by atoms with E-state index in [1.54, 1.807) is 6.92 Å². The van der Waals surface area contributed by atoms with Crippen molar-refractivity contribution in [3.05, 3.63) is 41.7 Å². The van der Waals surface area contributed by atoms with Crippen LogP contribution in [-0.4, -0.2) is 6.10 Å².